The Bertz CT molecular complexity index is 985. The lowest BCUT2D eigenvalue weighted by Gasteiger charge is -2.47. The monoisotopic (exact) mass is 381 g/mol. The second-order valence-electron chi connectivity index (χ2n) is 6.97. The number of likely N-dealkylation sites (tertiary alicyclic amines) is 1. The fourth-order valence-corrected chi connectivity index (χ4v) is 3.61. The highest BCUT2D eigenvalue weighted by Gasteiger charge is 2.50. The number of anilines is 2. The number of nitrogens with two attached hydrogens (primary N) is 1. The highest BCUT2D eigenvalue weighted by atomic mass is 19.1. The summed E-state index contributed by atoms with van der Waals surface area (Å²) in [4.78, 5) is 22.1. The van der Waals surface area contributed by atoms with E-state index < -0.39 is 17.6 Å². The molecule has 3 N–H and O–H groups in total. The molecule has 1 aliphatic heterocycles. The van der Waals surface area contributed by atoms with E-state index in [1.807, 2.05) is 42.3 Å². The highest BCUT2D eigenvalue weighted by molar-refractivity contribution is 6.05. The molecule has 1 aliphatic rings. The average molecular weight is 381 g/mol. The number of benzene rings is 1. The van der Waals surface area contributed by atoms with Gasteiger partial charge >= 0.3 is 0 Å². The van der Waals surface area contributed by atoms with Gasteiger partial charge in [0.15, 0.2) is 17.2 Å². The van der Waals surface area contributed by atoms with Crippen molar-refractivity contribution in [1.82, 2.24) is 24.6 Å². The predicted molar refractivity (Wildman–Crippen MR) is 103 cm³/mol. The lowest BCUT2D eigenvalue weighted by Crippen LogP contribution is -2.61. The SMILES string of the molecule is CN1CC(F)(C(c2ccccc2)n2cc(NC(=O)c3nccnc3N)cn2)C1. The van der Waals surface area contributed by atoms with Crippen LogP contribution < -0.4 is 11.1 Å². The van der Waals surface area contributed by atoms with E-state index in [9.17, 15) is 4.79 Å². The number of amides is 1. The standard InChI is InChI=1S/C19H20FN7O/c1-26-11-19(20,12-26)16(13-5-3-2-4-6-13)27-10-14(9-24-27)25-18(28)15-17(21)23-8-7-22-15/h2-10,16H,11-12H2,1H3,(H2,21,23)(H,25,28). The quantitative estimate of drug-likeness (QED) is 0.698. The molecule has 144 valence electrons. The number of nitrogen functional groups attached to an aromatic ring is 1. The van der Waals surface area contributed by atoms with Crippen LogP contribution in [0.25, 0.3) is 0 Å². The summed E-state index contributed by atoms with van der Waals surface area (Å²) in [6.07, 6.45) is 5.89. The molecular weight excluding hydrogens is 361 g/mol. The topological polar surface area (TPSA) is 102 Å². The summed E-state index contributed by atoms with van der Waals surface area (Å²) >= 11 is 0. The van der Waals surface area contributed by atoms with Gasteiger partial charge in [0.2, 0.25) is 0 Å². The van der Waals surface area contributed by atoms with Crippen LogP contribution in [0.1, 0.15) is 22.1 Å². The van der Waals surface area contributed by atoms with Gasteiger partial charge in [0.1, 0.15) is 6.04 Å². The van der Waals surface area contributed by atoms with Crippen LogP contribution in [0.15, 0.2) is 55.1 Å². The Balaban J connectivity index is 1.60. The summed E-state index contributed by atoms with van der Waals surface area (Å²) < 4.78 is 17.1. The van der Waals surface area contributed by atoms with Gasteiger partial charge in [-0.25, -0.2) is 14.4 Å². The fraction of sp³-hybridized carbons (Fsp3) is 0.263. The van der Waals surface area contributed by atoms with Gasteiger partial charge in [-0.3, -0.25) is 14.4 Å². The molecule has 4 rings (SSSR count). The van der Waals surface area contributed by atoms with Crippen LogP contribution in [0.2, 0.25) is 0 Å². The summed E-state index contributed by atoms with van der Waals surface area (Å²) in [6, 6.07) is 8.79. The molecule has 0 radical (unpaired) electrons. The van der Waals surface area contributed by atoms with Gasteiger partial charge in [-0.1, -0.05) is 30.3 Å². The van der Waals surface area contributed by atoms with Crippen LogP contribution in [0, 0.1) is 0 Å². The number of hydrogen-bond donors (Lipinski definition) is 2. The normalized spacial score (nSPS) is 16.9. The lowest BCUT2D eigenvalue weighted by molar-refractivity contribution is -0.0471. The van der Waals surface area contributed by atoms with Gasteiger partial charge < -0.3 is 11.1 Å². The van der Waals surface area contributed by atoms with Crippen molar-refractivity contribution in [3.05, 3.63) is 66.4 Å². The van der Waals surface area contributed by atoms with Crippen molar-refractivity contribution in [2.75, 3.05) is 31.2 Å². The van der Waals surface area contributed by atoms with E-state index in [2.05, 4.69) is 20.4 Å². The summed E-state index contributed by atoms with van der Waals surface area (Å²) in [5.41, 5.74) is 5.51. The van der Waals surface area contributed by atoms with E-state index in [0.717, 1.165) is 5.56 Å². The minimum Gasteiger partial charge on any atom is -0.382 e. The number of aromatic nitrogens is 4. The van der Waals surface area contributed by atoms with Crippen LogP contribution in [0.5, 0.6) is 0 Å². The van der Waals surface area contributed by atoms with E-state index in [1.165, 1.54) is 18.6 Å². The number of nitrogens with zero attached hydrogens (tertiary/aromatic N) is 5. The van der Waals surface area contributed by atoms with Crippen LogP contribution in [-0.2, 0) is 0 Å². The first-order valence-corrected chi connectivity index (χ1v) is 8.81. The maximum Gasteiger partial charge on any atom is 0.278 e. The number of halogens is 1. The van der Waals surface area contributed by atoms with Crippen LogP contribution in [0.3, 0.4) is 0 Å². The molecule has 0 bridgehead atoms. The third-order valence-corrected chi connectivity index (χ3v) is 4.74. The number of alkyl halides is 1. The first-order chi connectivity index (χ1) is 13.5. The smallest absolute Gasteiger partial charge is 0.278 e. The van der Waals surface area contributed by atoms with Crippen molar-refractivity contribution in [3.63, 3.8) is 0 Å². The first-order valence-electron chi connectivity index (χ1n) is 8.81. The van der Waals surface area contributed by atoms with Crippen LogP contribution in [0.4, 0.5) is 15.9 Å². The van der Waals surface area contributed by atoms with Crippen molar-refractivity contribution >= 4 is 17.4 Å². The number of nitrogens with one attached hydrogen (secondary N) is 1. The zero-order chi connectivity index (χ0) is 19.7. The zero-order valence-corrected chi connectivity index (χ0v) is 15.3. The first kappa shape index (κ1) is 18.1. The molecule has 1 atom stereocenters. The van der Waals surface area contributed by atoms with Crippen molar-refractivity contribution in [1.29, 1.82) is 0 Å². The second-order valence-corrected chi connectivity index (χ2v) is 6.97. The minimum absolute atomic E-state index is 0.0254. The maximum atomic E-state index is 15.6. The van der Waals surface area contributed by atoms with Gasteiger partial charge in [0, 0.05) is 31.7 Å². The van der Waals surface area contributed by atoms with Crippen molar-refractivity contribution in [3.8, 4) is 0 Å². The zero-order valence-electron chi connectivity index (χ0n) is 15.3. The molecule has 1 fully saturated rings. The Kier molecular flexibility index (Phi) is 4.52. The molecule has 3 aromatic rings. The molecule has 0 spiro atoms. The molecule has 9 heteroatoms. The van der Waals surface area contributed by atoms with Gasteiger partial charge in [0.05, 0.1) is 11.9 Å². The molecule has 2 aromatic heterocycles. The third kappa shape index (κ3) is 3.31. The van der Waals surface area contributed by atoms with Crippen molar-refractivity contribution in [2.45, 2.75) is 11.7 Å². The number of carbonyl (C=O) groups is 1. The minimum atomic E-state index is -1.45. The van der Waals surface area contributed by atoms with Crippen molar-refractivity contribution < 1.29 is 9.18 Å². The number of rotatable bonds is 5. The van der Waals surface area contributed by atoms with Gasteiger partial charge in [0.25, 0.3) is 5.91 Å². The lowest BCUT2D eigenvalue weighted by atomic mass is 9.84. The summed E-state index contributed by atoms with van der Waals surface area (Å²) in [5.74, 6) is -0.463. The van der Waals surface area contributed by atoms with Gasteiger partial charge in [-0.05, 0) is 12.6 Å². The molecule has 3 heterocycles. The van der Waals surface area contributed by atoms with E-state index in [-0.39, 0.29) is 11.5 Å². The van der Waals surface area contributed by atoms with E-state index in [0.29, 0.717) is 18.8 Å². The van der Waals surface area contributed by atoms with Crippen LogP contribution >= 0.6 is 0 Å². The number of carbonyl (C=O) groups excluding carboxylic acids is 1. The van der Waals surface area contributed by atoms with Gasteiger partial charge in [-0.2, -0.15) is 5.10 Å². The Hall–Kier alpha value is -3.33. The third-order valence-electron chi connectivity index (χ3n) is 4.74. The van der Waals surface area contributed by atoms with Crippen LogP contribution in [-0.4, -0.2) is 56.4 Å². The molecule has 1 unspecified atom stereocenters. The Morgan fingerprint density at radius 2 is 1.96 bits per heavy atom. The largest absolute Gasteiger partial charge is 0.382 e. The average Bonchev–Trinajstić information content (AvgIpc) is 3.09. The molecule has 0 saturated carbocycles. The molecule has 1 aromatic carbocycles. The Labute approximate surface area is 161 Å². The molecular formula is C19H20FN7O. The second kappa shape index (κ2) is 7.01. The molecule has 0 aliphatic carbocycles. The van der Waals surface area contributed by atoms with E-state index in [1.54, 1.807) is 10.9 Å². The molecule has 1 amide bonds. The summed E-state index contributed by atoms with van der Waals surface area (Å²) in [6.45, 7) is 0.620. The van der Waals surface area contributed by atoms with Gasteiger partial charge in [-0.15, -0.1) is 0 Å². The van der Waals surface area contributed by atoms with Crippen molar-refractivity contribution in [2.24, 2.45) is 0 Å². The Morgan fingerprint density at radius 3 is 2.64 bits per heavy atom. The fourth-order valence-electron chi connectivity index (χ4n) is 3.61. The van der Waals surface area contributed by atoms with E-state index in [4.69, 9.17) is 5.73 Å². The highest BCUT2D eigenvalue weighted by Crippen LogP contribution is 2.39. The summed E-state index contributed by atoms with van der Waals surface area (Å²) in [5, 5.41) is 7.00. The van der Waals surface area contributed by atoms with E-state index >= 15 is 4.39 Å². The molecule has 28 heavy (non-hydrogen) atoms. The maximum absolute atomic E-state index is 15.6. The molecule has 8 nitrogen and oxygen atoms in total. The predicted octanol–water partition coefficient (Wildman–Crippen LogP) is 1.75. The Morgan fingerprint density at radius 1 is 1.25 bits per heavy atom. The molecule has 1 saturated heterocycles. The number of hydrogen-bond acceptors (Lipinski definition) is 6. The summed E-state index contributed by atoms with van der Waals surface area (Å²) in [7, 11) is 1.87.